The van der Waals surface area contributed by atoms with Crippen molar-refractivity contribution < 1.29 is 4.92 Å². The van der Waals surface area contributed by atoms with Gasteiger partial charge in [-0.2, -0.15) is 0 Å². The standard InChI is InChI=1S/C14H19BrN2O2/c1-14(2)5-7-16(8-6-14)12-4-3-11(10-15)9-13(12)17(18)19/h3-4,9H,5-8,10H2,1-2H3. The number of nitrogens with zero attached hydrogens (tertiary/aromatic N) is 2. The Labute approximate surface area is 122 Å². The van der Waals surface area contributed by atoms with Crippen molar-refractivity contribution in [1.82, 2.24) is 0 Å². The van der Waals surface area contributed by atoms with Crippen LogP contribution in [0.3, 0.4) is 0 Å². The Morgan fingerprint density at radius 1 is 1.37 bits per heavy atom. The summed E-state index contributed by atoms with van der Waals surface area (Å²) in [6.45, 7) is 6.29. The third-order valence-electron chi connectivity index (χ3n) is 3.85. The van der Waals surface area contributed by atoms with Gasteiger partial charge in [0.15, 0.2) is 0 Å². The number of alkyl halides is 1. The van der Waals surface area contributed by atoms with Crippen molar-refractivity contribution >= 4 is 27.3 Å². The molecule has 1 aromatic rings. The minimum absolute atomic E-state index is 0.219. The van der Waals surface area contributed by atoms with Crippen LogP contribution in [0.25, 0.3) is 0 Å². The van der Waals surface area contributed by atoms with Crippen molar-refractivity contribution in [2.75, 3.05) is 18.0 Å². The van der Waals surface area contributed by atoms with Gasteiger partial charge in [0.05, 0.1) is 4.92 Å². The fourth-order valence-corrected chi connectivity index (χ4v) is 2.77. The SMILES string of the molecule is CC1(C)CCN(c2ccc(CBr)cc2[N+](=O)[O-])CC1. The largest absolute Gasteiger partial charge is 0.366 e. The highest BCUT2D eigenvalue weighted by Gasteiger charge is 2.28. The molecule has 1 saturated heterocycles. The number of piperidine rings is 1. The molecule has 5 heteroatoms. The summed E-state index contributed by atoms with van der Waals surface area (Å²) in [4.78, 5) is 13.1. The van der Waals surface area contributed by atoms with Crippen molar-refractivity contribution in [3.05, 3.63) is 33.9 Å². The van der Waals surface area contributed by atoms with Gasteiger partial charge in [0.2, 0.25) is 0 Å². The quantitative estimate of drug-likeness (QED) is 0.477. The molecule has 0 N–H and O–H groups in total. The van der Waals surface area contributed by atoms with Gasteiger partial charge in [-0.1, -0.05) is 35.8 Å². The Morgan fingerprint density at radius 3 is 2.53 bits per heavy atom. The molecule has 1 aromatic carbocycles. The van der Waals surface area contributed by atoms with Crippen LogP contribution >= 0.6 is 15.9 Å². The van der Waals surface area contributed by atoms with Gasteiger partial charge in [-0.25, -0.2) is 0 Å². The summed E-state index contributed by atoms with van der Waals surface area (Å²) >= 11 is 3.34. The predicted octanol–water partition coefficient (Wildman–Crippen LogP) is 4.12. The summed E-state index contributed by atoms with van der Waals surface area (Å²) in [6.07, 6.45) is 2.15. The average Bonchev–Trinajstić information content (AvgIpc) is 2.38. The van der Waals surface area contributed by atoms with Crippen molar-refractivity contribution in [2.45, 2.75) is 32.0 Å². The van der Waals surface area contributed by atoms with E-state index in [0.29, 0.717) is 10.7 Å². The minimum atomic E-state index is -0.277. The van der Waals surface area contributed by atoms with Gasteiger partial charge >= 0.3 is 0 Å². The Kier molecular flexibility index (Phi) is 4.13. The first kappa shape index (κ1) is 14.3. The minimum Gasteiger partial charge on any atom is -0.366 e. The van der Waals surface area contributed by atoms with Crippen LogP contribution in [-0.4, -0.2) is 18.0 Å². The highest BCUT2D eigenvalue weighted by Crippen LogP contribution is 2.36. The van der Waals surface area contributed by atoms with Gasteiger partial charge in [-0.15, -0.1) is 0 Å². The number of anilines is 1. The zero-order valence-corrected chi connectivity index (χ0v) is 12.9. The molecule has 0 radical (unpaired) electrons. The molecule has 19 heavy (non-hydrogen) atoms. The first-order valence-electron chi connectivity index (χ1n) is 6.51. The molecule has 1 fully saturated rings. The Hall–Kier alpha value is -1.10. The zero-order valence-electron chi connectivity index (χ0n) is 11.4. The van der Waals surface area contributed by atoms with Crippen LogP contribution in [0.2, 0.25) is 0 Å². The van der Waals surface area contributed by atoms with Gasteiger partial charge in [-0.05, 0) is 29.9 Å². The molecular weight excluding hydrogens is 308 g/mol. The Morgan fingerprint density at radius 2 is 2.00 bits per heavy atom. The number of benzene rings is 1. The van der Waals surface area contributed by atoms with E-state index >= 15 is 0 Å². The first-order valence-corrected chi connectivity index (χ1v) is 7.63. The number of nitro benzene ring substituents is 1. The summed E-state index contributed by atoms with van der Waals surface area (Å²) in [5.74, 6) is 0. The molecule has 0 aliphatic carbocycles. The van der Waals surface area contributed by atoms with E-state index in [0.717, 1.165) is 37.2 Å². The number of hydrogen-bond donors (Lipinski definition) is 0. The molecule has 0 amide bonds. The lowest BCUT2D eigenvalue weighted by molar-refractivity contribution is -0.384. The Bertz CT molecular complexity index is 478. The molecule has 2 rings (SSSR count). The maximum atomic E-state index is 11.2. The van der Waals surface area contributed by atoms with Crippen molar-refractivity contribution in [3.63, 3.8) is 0 Å². The number of halogens is 1. The fourth-order valence-electron chi connectivity index (χ4n) is 2.42. The van der Waals surface area contributed by atoms with Crippen LogP contribution in [0.1, 0.15) is 32.3 Å². The molecule has 4 nitrogen and oxygen atoms in total. The molecule has 1 aliphatic rings. The van der Waals surface area contributed by atoms with Crippen molar-refractivity contribution in [1.29, 1.82) is 0 Å². The third-order valence-corrected chi connectivity index (χ3v) is 4.50. The van der Waals surface area contributed by atoms with Gasteiger partial charge in [-0.3, -0.25) is 10.1 Å². The first-order chi connectivity index (χ1) is 8.93. The van der Waals surface area contributed by atoms with Crippen LogP contribution in [0.15, 0.2) is 18.2 Å². The fraction of sp³-hybridized carbons (Fsp3) is 0.571. The molecular formula is C14H19BrN2O2. The molecule has 0 spiro atoms. The monoisotopic (exact) mass is 326 g/mol. The zero-order chi connectivity index (χ0) is 14.0. The van der Waals surface area contributed by atoms with E-state index in [9.17, 15) is 10.1 Å². The Balaban J connectivity index is 2.27. The second-order valence-corrected chi connectivity index (χ2v) is 6.43. The lowest BCUT2D eigenvalue weighted by Gasteiger charge is -2.37. The van der Waals surface area contributed by atoms with E-state index in [2.05, 4.69) is 34.7 Å². The van der Waals surface area contributed by atoms with Crippen LogP contribution in [0.4, 0.5) is 11.4 Å². The molecule has 0 atom stereocenters. The summed E-state index contributed by atoms with van der Waals surface area (Å²) in [5, 5.41) is 11.9. The van der Waals surface area contributed by atoms with Crippen LogP contribution in [-0.2, 0) is 5.33 Å². The predicted molar refractivity (Wildman–Crippen MR) is 81.0 cm³/mol. The molecule has 1 aliphatic heterocycles. The van der Waals surface area contributed by atoms with E-state index < -0.39 is 0 Å². The van der Waals surface area contributed by atoms with Gasteiger partial charge in [0.25, 0.3) is 5.69 Å². The highest BCUT2D eigenvalue weighted by molar-refractivity contribution is 9.08. The number of rotatable bonds is 3. The highest BCUT2D eigenvalue weighted by atomic mass is 79.9. The number of hydrogen-bond acceptors (Lipinski definition) is 3. The lowest BCUT2D eigenvalue weighted by atomic mass is 9.82. The second kappa shape index (κ2) is 5.49. The van der Waals surface area contributed by atoms with Crippen LogP contribution in [0, 0.1) is 15.5 Å². The van der Waals surface area contributed by atoms with Crippen LogP contribution < -0.4 is 4.90 Å². The maximum Gasteiger partial charge on any atom is 0.292 e. The topological polar surface area (TPSA) is 46.4 Å². The molecule has 0 aromatic heterocycles. The van der Waals surface area contributed by atoms with Gasteiger partial charge in [0.1, 0.15) is 5.69 Å². The van der Waals surface area contributed by atoms with E-state index in [1.165, 1.54) is 0 Å². The summed E-state index contributed by atoms with van der Waals surface area (Å²) in [7, 11) is 0. The van der Waals surface area contributed by atoms with E-state index in [-0.39, 0.29) is 10.6 Å². The summed E-state index contributed by atoms with van der Waals surface area (Å²) in [5.41, 5.74) is 2.26. The third kappa shape index (κ3) is 3.26. The normalized spacial score (nSPS) is 18.4. The maximum absolute atomic E-state index is 11.2. The molecule has 0 unspecified atom stereocenters. The van der Waals surface area contributed by atoms with Crippen molar-refractivity contribution in [2.24, 2.45) is 5.41 Å². The van der Waals surface area contributed by atoms with Gasteiger partial charge in [0, 0.05) is 24.5 Å². The van der Waals surface area contributed by atoms with E-state index in [1.54, 1.807) is 6.07 Å². The summed E-state index contributed by atoms with van der Waals surface area (Å²) in [6, 6.07) is 5.51. The van der Waals surface area contributed by atoms with E-state index in [4.69, 9.17) is 0 Å². The smallest absolute Gasteiger partial charge is 0.292 e. The van der Waals surface area contributed by atoms with Crippen molar-refractivity contribution in [3.8, 4) is 0 Å². The number of nitro groups is 1. The lowest BCUT2D eigenvalue weighted by Crippen LogP contribution is -2.37. The van der Waals surface area contributed by atoms with Gasteiger partial charge < -0.3 is 4.90 Å². The van der Waals surface area contributed by atoms with E-state index in [1.807, 2.05) is 12.1 Å². The average molecular weight is 327 g/mol. The molecule has 104 valence electrons. The molecule has 1 heterocycles. The second-order valence-electron chi connectivity index (χ2n) is 5.87. The summed E-state index contributed by atoms with van der Waals surface area (Å²) < 4.78 is 0. The molecule has 0 bridgehead atoms. The molecule has 0 saturated carbocycles. The van der Waals surface area contributed by atoms with Crippen LogP contribution in [0.5, 0.6) is 0 Å².